The lowest BCUT2D eigenvalue weighted by Gasteiger charge is -2.28. The van der Waals surface area contributed by atoms with Gasteiger partial charge in [0.25, 0.3) is 0 Å². The molecule has 1 saturated heterocycles. The van der Waals surface area contributed by atoms with Crippen molar-refractivity contribution in [2.75, 3.05) is 26.3 Å². The molecule has 0 bridgehead atoms. The van der Waals surface area contributed by atoms with Crippen LogP contribution in [0.3, 0.4) is 0 Å². The molecule has 0 spiro atoms. The quantitative estimate of drug-likeness (QED) is 0.728. The van der Waals surface area contributed by atoms with E-state index in [2.05, 4.69) is 0 Å². The van der Waals surface area contributed by atoms with Crippen LogP contribution in [-0.2, 0) is 20.8 Å². The molecule has 2 rings (SSSR count). The summed E-state index contributed by atoms with van der Waals surface area (Å²) in [6, 6.07) is 10.1. The van der Waals surface area contributed by atoms with Gasteiger partial charge in [-0.3, -0.25) is 0 Å². The fraction of sp³-hybridized carbons (Fsp3) is 0.650. The SMILES string of the molecule is CC(C)(C)OC(=O)N1CCCC[C@@H](OCCOCc2ccccc2)C1. The highest BCUT2D eigenvalue weighted by molar-refractivity contribution is 5.68. The molecule has 1 atom stereocenters. The van der Waals surface area contributed by atoms with Crippen LogP contribution in [0.4, 0.5) is 4.79 Å². The number of benzene rings is 1. The molecule has 0 unspecified atom stereocenters. The first-order valence-electron chi connectivity index (χ1n) is 9.15. The lowest BCUT2D eigenvalue weighted by Crippen LogP contribution is -2.41. The second-order valence-electron chi connectivity index (χ2n) is 7.45. The van der Waals surface area contributed by atoms with E-state index in [-0.39, 0.29) is 12.2 Å². The first kappa shape index (κ1) is 19.7. The third-order valence-electron chi connectivity index (χ3n) is 3.97. The summed E-state index contributed by atoms with van der Waals surface area (Å²) in [4.78, 5) is 14.0. The van der Waals surface area contributed by atoms with Crippen LogP contribution >= 0.6 is 0 Å². The molecular formula is C20H31NO4. The highest BCUT2D eigenvalue weighted by atomic mass is 16.6. The van der Waals surface area contributed by atoms with Gasteiger partial charge in [0, 0.05) is 6.54 Å². The monoisotopic (exact) mass is 349 g/mol. The van der Waals surface area contributed by atoms with Crippen molar-refractivity contribution in [3.8, 4) is 0 Å². The average Bonchev–Trinajstić information content (AvgIpc) is 2.80. The van der Waals surface area contributed by atoms with Gasteiger partial charge < -0.3 is 19.1 Å². The van der Waals surface area contributed by atoms with E-state index in [1.165, 1.54) is 0 Å². The predicted molar refractivity (Wildman–Crippen MR) is 97.5 cm³/mol. The summed E-state index contributed by atoms with van der Waals surface area (Å²) < 4.78 is 17.1. The van der Waals surface area contributed by atoms with E-state index in [0.29, 0.717) is 26.4 Å². The van der Waals surface area contributed by atoms with E-state index in [4.69, 9.17) is 14.2 Å². The number of hydrogen-bond donors (Lipinski definition) is 0. The number of carbonyl (C=O) groups excluding carboxylic acids is 1. The largest absolute Gasteiger partial charge is 0.444 e. The summed E-state index contributed by atoms with van der Waals surface area (Å²) in [5.74, 6) is 0. The zero-order valence-electron chi connectivity index (χ0n) is 15.7. The van der Waals surface area contributed by atoms with Gasteiger partial charge in [0.05, 0.1) is 32.5 Å². The molecule has 5 heteroatoms. The standard InChI is InChI=1S/C20H31NO4/c1-20(2,3)25-19(22)21-12-8-7-11-18(15-21)24-14-13-23-16-17-9-5-4-6-10-17/h4-6,9-10,18H,7-8,11-16H2,1-3H3/t18-/m1/s1. The molecule has 140 valence electrons. The molecule has 1 heterocycles. The maximum Gasteiger partial charge on any atom is 0.410 e. The first-order chi connectivity index (χ1) is 11.9. The van der Waals surface area contributed by atoms with Crippen LogP contribution in [0.1, 0.15) is 45.6 Å². The lowest BCUT2D eigenvalue weighted by molar-refractivity contribution is -0.0199. The van der Waals surface area contributed by atoms with Crippen LogP contribution < -0.4 is 0 Å². The van der Waals surface area contributed by atoms with Crippen LogP contribution in [0, 0.1) is 0 Å². The van der Waals surface area contributed by atoms with Crippen molar-refractivity contribution in [1.82, 2.24) is 4.90 Å². The Kier molecular flexibility index (Phi) is 7.72. The molecule has 1 aromatic rings. The molecule has 0 radical (unpaired) electrons. The molecule has 1 fully saturated rings. The molecule has 1 aliphatic heterocycles. The van der Waals surface area contributed by atoms with Gasteiger partial charge in [-0.2, -0.15) is 0 Å². The second-order valence-corrected chi connectivity index (χ2v) is 7.45. The average molecular weight is 349 g/mol. The van der Waals surface area contributed by atoms with E-state index >= 15 is 0 Å². The van der Waals surface area contributed by atoms with Crippen molar-refractivity contribution in [1.29, 1.82) is 0 Å². The zero-order valence-corrected chi connectivity index (χ0v) is 15.7. The molecular weight excluding hydrogens is 318 g/mol. The molecule has 1 amide bonds. The minimum absolute atomic E-state index is 0.0512. The highest BCUT2D eigenvalue weighted by Gasteiger charge is 2.26. The molecule has 0 N–H and O–H groups in total. The van der Waals surface area contributed by atoms with Crippen molar-refractivity contribution < 1.29 is 19.0 Å². The summed E-state index contributed by atoms with van der Waals surface area (Å²) >= 11 is 0. The van der Waals surface area contributed by atoms with E-state index in [0.717, 1.165) is 31.4 Å². The minimum Gasteiger partial charge on any atom is -0.444 e. The van der Waals surface area contributed by atoms with Gasteiger partial charge in [0.2, 0.25) is 0 Å². The van der Waals surface area contributed by atoms with Gasteiger partial charge in [-0.25, -0.2) is 4.79 Å². The van der Waals surface area contributed by atoms with E-state index in [1.54, 1.807) is 4.90 Å². The summed E-state index contributed by atoms with van der Waals surface area (Å²) in [7, 11) is 0. The van der Waals surface area contributed by atoms with Crippen molar-refractivity contribution in [3.05, 3.63) is 35.9 Å². The Morgan fingerprint density at radius 2 is 1.92 bits per heavy atom. The van der Waals surface area contributed by atoms with E-state index in [9.17, 15) is 4.79 Å². The Hall–Kier alpha value is -1.59. The number of ether oxygens (including phenoxy) is 3. The number of carbonyl (C=O) groups is 1. The van der Waals surface area contributed by atoms with Crippen LogP contribution in [0.15, 0.2) is 30.3 Å². The smallest absolute Gasteiger partial charge is 0.410 e. The Labute approximate surface area is 151 Å². The van der Waals surface area contributed by atoms with Crippen molar-refractivity contribution in [3.63, 3.8) is 0 Å². The molecule has 0 aliphatic carbocycles. The van der Waals surface area contributed by atoms with Crippen LogP contribution in [0.25, 0.3) is 0 Å². The summed E-state index contributed by atoms with van der Waals surface area (Å²) in [6.07, 6.45) is 2.83. The van der Waals surface area contributed by atoms with Gasteiger partial charge in [-0.05, 0) is 45.6 Å². The first-order valence-corrected chi connectivity index (χ1v) is 9.15. The maximum atomic E-state index is 12.3. The van der Waals surface area contributed by atoms with Gasteiger partial charge in [-0.1, -0.05) is 30.3 Å². The molecule has 0 aromatic heterocycles. The molecule has 1 aromatic carbocycles. The molecule has 5 nitrogen and oxygen atoms in total. The van der Waals surface area contributed by atoms with E-state index in [1.807, 2.05) is 51.1 Å². The molecule has 0 saturated carbocycles. The van der Waals surface area contributed by atoms with Gasteiger partial charge >= 0.3 is 6.09 Å². The number of rotatable bonds is 6. The lowest BCUT2D eigenvalue weighted by atomic mass is 10.2. The zero-order chi connectivity index (χ0) is 18.1. The molecule has 25 heavy (non-hydrogen) atoms. The van der Waals surface area contributed by atoms with E-state index < -0.39 is 5.60 Å². The summed E-state index contributed by atoms with van der Waals surface area (Å²) in [6.45, 7) is 8.69. The van der Waals surface area contributed by atoms with Crippen molar-refractivity contribution in [2.45, 2.75) is 58.3 Å². The van der Waals surface area contributed by atoms with Gasteiger partial charge in [-0.15, -0.1) is 0 Å². The third kappa shape index (κ3) is 7.88. The number of amides is 1. The predicted octanol–water partition coefficient (Wildman–Crippen LogP) is 4.01. The Morgan fingerprint density at radius 3 is 2.64 bits per heavy atom. The third-order valence-corrected chi connectivity index (χ3v) is 3.97. The number of likely N-dealkylation sites (tertiary alicyclic amines) is 1. The van der Waals surface area contributed by atoms with Crippen LogP contribution in [0.2, 0.25) is 0 Å². The summed E-state index contributed by atoms with van der Waals surface area (Å²) in [5, 5.41) is 0. The fourth-order valence-corrected chi connectivity index (χ4v) is 2.77. The minimum atomic E-state index is -0.467. The van der Waals surface area contributed by atoms with Crippen molar-refractivity contribution in [2.24, 2.45) is 0 Å². The Morgan fingerprint density at radius 1 is 1.16 bits per heavy atom. The molecule has 1 aliphatic rings. The normalized spacial score (nSPS) is 18.7. The Bertz CT molecular complexity index is 512. The number of hydrogen-bond acceptors (Lipinski definition) is 4. The topological polar surface area (TPSA) is 48.0 Å². The van der Waals surface area contributed by atoms with Crippen LogP contribution in [-0.4, -0.2) is 49.0 Å². The highest BCUT2D eigenvalue weighted by Crippen LogP contribution is 2.17. The maximum absolute atomic E-state index is 12.3. The number of nitrogens with zero attached hydrogens (tertiary/aromatic N) is 1. The van der Waals surface area contributed by atoms with Crippen molar-refractivity contribution >= 4 is 6.09 Å². The fourth-order valence-electron chi connectivity index (χ4n) is 2.77. The van der Waals surface area contributed by atoms with Gasteiger partial charge in [0.15, 0.2) is 0 Å². The second kappa shape index (κ2) is 9.78. The Balaban J connectivity index is 1.69. The summed E-state index contributed by atoms with van der Waals surface area (Å²) in [5.41, 5.74) is 0.693. The van der Waals surface area contributed by atoms with Gasteiger partial charge in [0.1, 0.15) is 5.60 Å². The van der Waals surface area contributed by atoms with Crippen LogP contribution in [0.5, 0.6) is 0 Å².